The maximum Gasteiger partial charge on any atom is 0.00508 e. The van der Waals surface area contributed by atoms with Gasteiger partial charge in [-0.05, 0) is 47.0 Å². The molecule has 0 spiro atoms. The van der Waals surface area contributed by atoms with Gasteiger partial charge in [-0.2, -0.15) is 0 Å². The van der Waals surface area contributed by atoms with Crippen LogP contribution in [0.4, 0.5) is 0 Å². The van der Waals surface area contributed by atoms with Crippen molar-refractivity contribution in [1.82, 2.24) is 10.2 Å². The molecule has 0 fully saturated rings. The maximum atomic E-state index is 3.46. The third-order valence-corrected chi connectivity index (χ3v) is 1.75. The van der Waals surface area contributed by atoms with Crippen LogP contribution >= 0.6 is 0 Å². The molecule has 0 aliphatic carbocycles. The van der Waals surface area contributed by atoms with Crippen molar-refractivity contribution in [2.75, 3.05) is 27.2 Å². The number of hydrogen-bond acceptors (Lipinski definition) is 2. The average molecular weight is 158 g/mol. The normalized spacial score (nSPS) is 13.9. The molecule has 0 amide bonds. The lowest BCUT2D eigenvalue weighted by molar-refractivity contribution is 0.366. The molecule has 0 bridgehead atoms. The van der Waals surface area contributed by atoms with Crippen LogP contribution in [0.3, 0.4) is 0 Å². The lowest BCUT2D eigenvalue weighted by atomic mass is 10.2. The second-order valence-electron chi connectivity index (χ2n) is 3.45. The first-order valence-electron chi connectivity index (χ1n) is 4.55. The predicted molar refractivity (Wildman–Crippen MR) is 50.9 cm³/mol. The largest absolute Gasteiger partial charge is 0.314 e. The van der Waals surface area contributed by atoms with Crippen molar-refractivity contribution in [2.45, 2.75) is 32.7 Å². The molecule has 0 saturated carbocycles. The third kappa shape index (κ3) is 7.82. The van der Waals surface area contributed by atoms with E-state index in [1.165, 1.54) is 19.4 Å². The van der Waals surface area contributed by atoms with E-state index >= 15 is 0 Å². The summed E-state index contributed by atoms with van der Waals surface area (Å²) in [7, 11) is 4.24. The highest BCUT2D eigenvalue weighted by Gasteiger charge is 1.99. The van der Waals surface area contributed by atoms with Crippen LogP contribution in [-0.4, -0.2) is 38.1 Å². The van der Waals surface area contributed by atoms with Gasteiger partial charge in [-0.25, -0.2) is 0 Å². The van der Waals surface area contributed by atoms with E-state index in [9.17, 15) is 0 Å². The van der Waals surface area contributed by atoms with Crippen molar-refractivity contribution in [1.29, 1.82) is 0 Å². The zero-order valence-electron chi connectivity index (χ0n) is 8.35. The molecule has 2 nitrogen and oxygen atoms in total. The summed E-state index contributed by atoms with van der Waals surface area (Å²) in [4.78, 5) is 2.23. The molecule has 1 N–H and O–H groups in total. The van der Waals surface area contributed by atoms with Gasteiger partial charge in [0.15, 0.2) is 0 Å². The molecule has 68 valence electrons. The van der Waals surface area contributed by atoms with Gasteiger partial charge >= 0.3 is 0 Å². The Kier molecular flexibility index (Phi) is 6.57. The Morgan fingerprint density at radius 1 is 1.36 bits per heavy atom. The first-order chi connectivity index (χ1) is 5.16. The highest BCUT2D eigenvalue weighted by Crippen LogP contribution is 1.91. The lowest BCUT2D eigenvalue weighted by Crippen LogP contribution is -2.30. The molecular formula is C9H22N2. The van der Waals surface area contributed by atoms with Crippen LogP contribution in [0.1, 0.15) is 26.7 Å². The van der Waals surface area contributed by atoms with Crippen molar-refractivity contribution >= 4 is 0 Å². The van der Waals surface area contributed by atoms with Crippen LogP contribution in [-0.2, 0) is 0 Å². The molecule has 0 aliphatic heterocycles. The van der Waals surface area contributed by atoms with Crippen molar-refractivity contribution in [3.63, 3.8) is 0 Å². The molecule has 0 aromatic carbocycles. The summed E-state index contributed by atoms with van der Waals surface area (Å²) in [6.45, 7) is 6.78. The Bertz CT molecular complexity index is 81.6. The summed E-state index contributed by atoms with van der Waals surface area (Å²) >= 11 is 0. The van der Waals surface area contributed by atoms with E-state index in [0.717, 1.165) is 6.54 Å². The smallest absolute Gasteiger partial charge is 0.00508 e. The summed E-state index contributed by atoms with van der Waals surface area (Å²) in [5, 5.41) is 3.46. The van der Waals surface area contributed by atoms with Gasteiger partial charge in [0, 0.05) is 6.04 Å². The van der Waals surface area contributed by atoms with Crippen molar-refractivity contribution in [2.24, 2.45) is 0 Å². The fourth-order valence-electron chi connectivity index (χ4n) is 0.945. The summed E-state index contributed by atoms with van der Waals surface area (Å²) in [6, 6.07) is 0.664. The summed E-state index contributed by atoms with van der Waals surface area (Å²) in [5.74, 6) is 0. The summed E-state index contributed by atoms with van der Waals surface area (Å²) < 4.78 is 0. The van der Waals surface area contributed by atoms with E-state index in [0.29, 0.717) is 6.04 Å². The van der Waals surface area contributed by atoms with Crippen molar-refractivity contribution < 1.29 is 0 Å². The molecule has 0 rings (SSSR count). The summed E-state index contributed by atoms with van der Waals surface area (Å²) in [5.41, 5.74) is 0. The van der Waals surface area contributed by atoms with E-state index in [4.69, 9.17) is 0 Å². The van der Waals surface area contributed by atoms with Gasteiger partial charge in [-0.1, -0.05) is 6.92 Å². The van der Waals surface area contributed by atoms with E-state index < -0.39 is 0 Å². The molecule has 0 aliphatic rings. The Balaban J connectivity index is 3.15. The topological polar surface area (TPSA) is 15.3 Å². The molecule has 0 radical (unpaired) electrons. The quantitative estimate of drug-likeness (QED) is 0.627. The minimum absolute atomic E-state index is 0.664. The van der Waals surface area contributed by atoms with Crippen LogP contribution in [0, 0.1) is 0 Å². The van der Waals surface area contributed by atoms with Gasteiger partial charge in [0.25, 0.3) is 0 Å². The third-order valence-electron chi connectivity index (χ3n) is 1.75. The Morgan fingerprint density at radius 2 is 2.00 bits per heavy atom. The Hall–Kier alpha value is -0.0800. The van der Waals surface area contributed by atoms with E-state index in [1.54, 1.807) is 0 Å². The van der Waals surface area contributed by atoms with Gasteiger partial charge in [0.1, 0.15) is 0 Å². The number of nitrogens with zero attached hydrogens (tertiary/aromatic N) is 1. The first-order valence-corrected chi connectivity index (χ1v) is 4.55. The standard InChI is InChI=1S/C9H22N2/c1-5-7-10-9(2)6-8-11(3)4/h9-10H,5-8H2,1-4H3. The second-order valence-corrected chi connectivity index (χ2v) is 3.45. The second kappa shape index (κ2) is 6.62. The van der Waals surface area contributed by atoms with Gasteiger partial charge < -0.3 is 10.2 Å². The minimum atomic E-state index is 0.664. The highest BCUT2D eigenvalue weighted by atomic mass is 15.1. The SMILES string of the molecule is CCCNC(C)CCN(C)C. The minimum Gasteiger partial charge on any atom is -0.314 e. The van der Waals surface area contributed by atoms with E-state index in [2.05, 4.69) is 38.2 Å². The van der Waals surface area contributed by atoms with Crippen LogP contribution in [0.5, 0.6) is 0 Å². The number of rotatable bonds is 6. The molecule has 0 aromatic heterocycles. The van der Waals surface area contributed by atoms with Crippen LogP contribution in [0.2, 0.25) is 0 Å². The maximum absolute atomic E-state index is 3.46. The summed E-state index contributed by atoms with van der Waals surface area (Å²) in [6.07, 6.45) is 2.47. The van der Waals surface area contributed by atoms with Crippen LogP contribution < -0.4 is 5.32 Å². The van der Waals surface area contributed by atoms with Gasteiger partial charge in [0.2, 0.25) is 0 Å². The van der Waals surface area contributed by atoms with E-state index in [-0.39, 0.29) is 0 Å². The molecule has 1 atom stereocenters. The number of nitrogens with one attached hydrogen (secondary N) is 1. The first kappa shape index (κ1) is 10.9. The Morgan fingerprint density at radius 3 is 2.45 bits per heavy atom. The van der Waals surface area contributed by atoms with Gasteiger partial charge in [0.05, 0.1) is 0 Å². The predicted octanol–water partition coefficient (Wildman–Crippen LogP) is 1.33. The molecule has 1 unspecified atom stereocenters. The van der Waals surface area contributed by atoms with Gasteiger partial charge in [-0.15, -0.1) is 0 Å². The number of hydrogen-bond donors (Lipinski definition) is 1. The Labute approximate surface area is 71.0 Å². The van der Waals surface area contributed by atoms with Crippen molar-refractivity contribution in [3.05, 3.63) is 0 Å². The fraction of sp³-hybridized carbons (Fsp3) is 1.00. The van der Waals surface area contributed by atoms with Gasteiger partial charge in [-0.3, -0.25) is 0 Å². The molecule has 0 aromatic rings. The fourth-order valence-corrected chi connectivity index (χ4v) is 0.945. The lowest BCUT2D eigenvalue weighted by Gasteiger charge is -2.15. The monoisotopic (exact) mass is 158 g/mol. The van der Waals surface area contributed by atoms with Crippen molar-refractivity contribution in [3.8, 4) is 0 Å². The molecule has 11 heavy (non-hydrogen) atoms. The zero-order chi connectivity index (χ0) is 8.69. The highest BCUT2D eigenvalue weighted by molar-refractivity contribution is 4.60. The van der Waals surface area contributed by atoms with Crippen LogP contribution in [0.25, 0.3) is 0 Å². The zero-order valence-corrected chi connectivity index (χ0v) is 8.35. The molecule has 0 saturated heterocycles. The molecule has 0 heterocycles. The van der Waals surface area contributed by atoms with E-state index in [1.807, 2.05) is 0 Å². The van der Waals surface area contributed by atoms with Crippen LogP contribution in [0.15, 0.2) is 0 Å². The molecular weight excluding hydrogens is 136 g/mol. The molecule has 2 heteroatoms. The average Bonchev–Trinajstić information content (AvgIpc) is 1.97.